The minimum atomic E-state index is -1.05. The molecule has 1 unspecified atom stereocenters. The Kier molecular flexibility index (Phi) is 4.27. The van der Waals surface area contributed by atoms with Gasteiger partial charge in [-0.2, -0.15) is 5.10 Å². The van der Waals surface area contributed by atoms with Crippen molar-refractivity contribution in [3.05, 3.63) is 41.4 Å². The predicted molar refractivity (Wildman–Crippen MR) is 100 cm³/mol. The molecule has 0 saturated carbocycles. The van der Waals surface area contributed by atoms with Gasteiger partial charge in [0, 0.05) is 30.6 Å². The maximum absolute atomic E-state index is 12.5. The fourth-order valence-corrected chi connectivity index (χ4v) is 3.20. The zero-order valence-electron chi connectivity index (χ0n) is 15.0. The molecule has 0 aromatic carbocycles. The monoisotopic (exact) mass is 401 g/mol. The molecule has 0 bridgehead atoms. The van der Waals surface area contributed by atoms with E-state index >= 15 is 0 Å². The van der Waals surface area contributed by atoms with E-state index in [0.29, 0.717) is 33.7 Å². The number of amides is 1. The van der Waals surface area contributed by atoms with Gasteiger partial charge in [0.15, 0.2) is 0 Å². The Morgan fingerprint density at radius 2 is 2.21 bits per heavy atom. The molecule has 10 nitrogen and oxygen atoms in total. The van der Waals surface area contributed by atoms with Gasteiger partial charge in [-0.3, -0.25) is 9.25 Å². The van der Waals surface area contributed by atoms with Crippen molar-refractivity contribution >= 4 is 35.4 Å². The predicted octanol–water partition coefficient (Wildman–Crippen LogP) is 2.33. The summed E-state index contributed by atoms with van der Waals surface area (Å²) in [5, 5.41) is 16.6. The Hall–Kier alpha value is -3.40. The average Bonchev–Trinajstić information content (AvgIpc) is 3.33. The van der Waals surface area contributed by atoms with Crippen LogP contribution in [-0.4, -0.2) is 52.4 Å². The van der Waals surface area contributed by atoms with E-state index in [4.69, 9.17) is 16.7 Å². The molecule has 11 heteroatoms. The lowest BCUT2D eigenvalue weighted by atomic mass is 10.2. The summed E-state index contributed by atoms with van der Waals surface area (Å²) in [5.74, 6) is -0.00742. The van der Waals surface area contributed by atoms with Gasteiger partial charge in [0.05, 0.1) is 29.7 Å². The molecule has 1 atom stereocenters. The number of halogens is 1. The number of aromatic nitrogens is 5. The van der Waals surface area contributed by atoms with E-state index in [0.717, 1.165) is 0 Å². The van der Waals surface area contributed by atoms with Crippen LogP contribution in [0, 0.1) is 0 Å². The third-order valence-corrected chi connectivity index (χ3v) is 4.86. The van der Waals surface area contributed by atoms with E-state index in [1.54, 1.807) is 36.3 Å². The summed E-state index contributed by atoms with van der Waals surface area (Å²) in [6, 6.07) is 2.25. The van der Waals surface area contributed by atoms with E-state index in [1.807, 2.05) is 0 Å². The van der Waals surface area contributed by atoms with Crippen LogP contribution in [0.4, 0.5) is 16.6 Å². The number of aryl methyl sites for hydroxylation is 1. The highest BCUT2D eigenvalue weighted by molar-refractivity contribution is 6.32. The Morgan fingerprint density at radius 3 is 2.86 bits per heavy atom. The molecule has 0 fully saturated rings. The van der Waals surface area contributed by atoms with Gasteiger partial charge in [-0.05, 0) is 13.0 Å². The zero-order valence-corrected chi connectivity index (χ0v) is 15.8. The minimum absolute atomic E-state index is 0.204. The second kappa shape index (κ2) is 6.64. The van der Waals surface area contributed by atoms with Crippen molar-refractivity contribution in [2.75, 3.05) is 5.32 Å². The lowest BCUT2D eigenvalue weighted by Crippen LogP contribution is -2.39. The maximum atomic E-state index is 12.5. The molecule has 1 aliphatic rings. The van der Waals surface area contributed by atoms with Gasteiger partial charge in [0.2, 0.25) is 5.95 Å². The standard InChI is InChI=1S/C17H16ClN7O3/c1-9(15(26)27)24-8-11-5-10(7-25(11)17(24)28)14-12(18)6-19-16(22-14)21-13-3-4-20-23(13)2/h3-7,9H,8H2,1-2H3,(H,26,27)(H,19,21,22). The molecular formula is C17H16ClN7O3. The number of aliphatic carboxylic acids is 1. The first-order valence-corrected chi connectivity index (χ1v) is 8.76. The molecular weight excluding hydrogens is 386 g/mol. The first-order valence-electron chi connectivity index (χ1n) is 8.38. The van der Waals surface area contributed by atoms with Gasteiger partial charge >= 0.3 is 12.0 Å². The van der Waals surface area contributed by atoms with Crippen LogP contribution >= 0.6 is 11.6 Å². The number of carbonyl (C=O) groups excluding carboxylic acids is 1. The summed E-state index contributed by atoms with van der Waals surface area (Å²) in [5.41, 5.74) is 1.78. The number of rotatable bonds is 5. The minimum Gasteiger partial charge on any atom is -0.480 e. The van der Waals surface area contributed by atoms with Crippen molar-refractivity contribution < 1.29 is 14.7 Å². The van der Waals surface area contributed by atoms with Crippen molar-refractivity contribution in [2.24, 2.45) is 7.05 Å². The van der Waals surface area contributed by atoms with Crippen LogP contribution in [0.5, 0.6) is 0 Å². The lowest BCUT2D eigenvalue weighted by molar-refractivity contribution is -0.141. The van der Waals surface area contributed by atoms with E-state index < -0.39 is 18.0 Å². The topological polar surface area (TPSA) is 118 Å². The molecule has 0 spiro atoms. The number of carboxylic acid groups (broad SMARTS) is 1. The van der Waals surface area contributed by atoms with E-state index in [9.17, 15) is 9.59 Å². The van der Waals surface area contributed by atoms with Gasteiger partial charge in [0.25, 0.3) is 0 Å². The van der Waals surface area contributed by atoms with E-state index in [1.165, 1.54) is 22.6 Å². The molecule has 0 radical (unpaired) electrons. The number of carbonyl (C=O) groups is 2. The van der Waals surface area contributed by atoms with Crippen LogP contribution in [-0.2, 0) is 18.4 Å². The van der Waals surface area contributed by atoms with E-state index in [-0.39, 0.29) is 6.54 Å². The number of hydrogen-bond donors (Lipinski definition) is 2. The Balaban J connectivity index is 1.63. The molecule has 3 aromatic heterocycles. The van der Waals surface area contributed by atoms with Crippen LogP contribution < -0.4 is 5.32 Å². The summed E-state index contributed by atoms with van der Waals surface area (Å²) >= 11 is 6.27. The highest BCUT2D eigenvalue weighted by Gasteiger charge is 2.34. The largest absolute Gasteiger partial charge is 0.480 e. The van der Waals surface area contributed by atoms with Crippen molar-refractivity contribution in [3.63, 3.8) is 0 Å². The number of nitrogens with zero attached hydrogens (tertiary/aromatic N) is 6. The van der Waals surface area contributed by atoms with E-state index in [2.05, 4.69) is 20.4 Å². The molecule has 2 N–H and O–H groups in total. The Bertz CT molecular complexity index is 1090. The second-order valence-corrected chi connectivity index (χ2v) is 6.78. The number of anilines is 2. The number of hydrogen-bond acceptors (Lipinski definition) is 6. The number of nitrogens with one attached hydrogen (secondary N) is 1. The number of fused-ring (bicyclic) bond motifs is 1. The first kappa shape index (κ1) is 18.0. The van der Waals surface area contributed by atoms with Crippen molar-refractivity contribution in [1.82, 2.24) is 29.2 Å². The fraction of sp³-hybridized carbons (Fsp3) is 0.235. The normalized spacial score (nSPS) is 14.2. The second-order valence-electron chi connectivity index (χ2n) is 6.37. The Morgan fingerprint density at radius 1 is 1.43 bits per heavy atom. The molecule has 4 rings (SSSR count). The van der Waals surface area contributed by atoms with Gasteiger partial charge in [-0.25, -0.2) is 19.6 Å². The molecule has 1 aliphatic heterocycles. The fourth-order valence-electron chi connectivity index (χ4n) is 3.00. The third kappa shape index (κ3) is 2.97. The zero-order chi connectivity index (χ0) is 20.0. The van der Waals surface area contributed by atoms with Gasteiger partial charge in [-0.15, -0.1) is 0 Å². The van der Waals surface area contributed by atoms with Crippen molar-refractivity contribution in [2.45, 2.75) is 19.5 Å². The SMILES string of the molecule is CC(C(=O)O)N1Cc2cc(-c3nc(Nc4ccnn4C)ncc3Cl)cn2C1=O. The lowest BCUT2D eigenvalue weighted by Gasteiger charge is -2.19. The Labute approximate surface area is 164 Å². The third-order valence-electron chi connectivity index (χ3n) is 4.59. The first-order chi connectivity index (χ1) is 13.3. The summed E-state index contributed by atoms with van der Waals surface area (Å²) in [6.07, 6.45) is 4.73. The molecule has 3 aromatic rings. The van der Waals surface area contributed by atoms with Crippen molar-refractivity contribution in [1.29, 1.82) is 0 Å². The molecule has 144 valence electrons. The highest BCUT2D eigenvalue weighted by atomic mass is 35.5. The van der Waals surface area contributed by atoms with Crippen LogP contribution in [0.1, 0.15) is 12.6 Å². The summed E-state index contributed by atoms with van der Waals surface area (Å²) in [4.78, 5) is 33.6. The van der Waals surface area contributed by atoms with Gasteiger partial charge in [0.1, 0.15) is 11.9 Å². The van der Waals surface area contributed by atoms with Crippen LogP contribution in [0.2, 0.25) is 5.02 Å². The van der Waals surface area contributed by atoms with Gasteiger partial charge in [-0.1, -0.05) is 11.6 Å². The van der Waals surface area contributed by atoms with Crippen LogP contribution in [0.25, 0.3) is 11.3 Å². The van der Waals surface area contributed by atoms with Crippen molar-refractivity contribution in [3.8, 4) is 11.3 Å². The van der Waals surface area contributed by atoms with Crippen LogP contribution in [0.3, 0.4) is 0 Å². The summed E-state index contributed by atoms with van der Waals surface area (Å²) < 4.78 is 3.06. The number of carboxylic acids is 1. The van der Waals surface area contributed by atoms with Gasteiger partial charge < -0.3 is 15.3 Å². The summed E-state index contributed by atoms with van der Waals surface area (Å²) in [6.45, 7) is 1.68. The molecule has 4 heterocycles. The summed E-state index contributed by atoms with van der Waals surface area (Å²) in [7, 11) is 1.78. The molecule has 1 amide bonds. The van der Waals surface area contributed by atoms with Crippen LogP contribution in [0.15, 0.2) is 30.7 Å². The molecule has 28 heavy (non-hydrogen) atoms. The molecule has 0 aliphatic carbocycles. The molecule has 0 saturated heterocycles. The highest BCUT2D eigenvalue weighted by Crippen LogP contribution is 2.31. The smallest absolute Gasteiger partial charge is 0.329 e. The maximum Gasteiger partial charge on any atom is 0.329 e. The quantitative estimate of drug-likeness (QED) is 0.673. The average molecular weight is 402 g/mol.